The van der Waals surface area contributed by atoms with E-state index in [2.05, 4.69) is 68.6 Å². The van der Waals surface area contributed by atoms with E-state index in [0.29, 0.717) is 19.3 Å². The van der Waals surface area contributed by atoms with E-state index in [1.807, 2.05) is 42.5 Å². The van der Waals surface area contributed by atoms with Crippen LogP contribution in [0.4, 0.5) is 0 Å². The first-order chi connectivity index (χ1) is 31.0. The number of rotatable bonds is 46. The summed E-state index contributed by atoms with van der Waals surface area (Å²) < 4.78 is 5.91. The molecule has 6 heteroatoms. The second-order valence-electron chi connectivity index (χ2n) is 17.7. The minimum atomic E-state index is -0.805. The monoisotopic (exact) mass is 878 g/mol. The number of carbonyl (C=O) groups is 2. The second kappa shape index (κ2) is 50.0. The summed E-state index contributed by atoms with van der Waals surface area (Å²) in [7, 11) is 0. The molecular weight excluding hydrogens is 779 g/mol. The molecular formula is C57H99NO5. The van der Waals surface area contributed by atoms with E-state index in [9.17, 15) is 19.8 Å². The topological polar surface area (TPSA) is 95.9 Å². The van der Waals surface area contributed by atoms with Crippen LogP contribution in [-0.4, -0.2) is 46.9 Å². The van der Waals surface area contributed by atoms with Gasteiger partial charge in [-0.3, -0.25) is 9.59 Å². The van der Waals surface area contributed by atoms with Gasteiger partial charge >= 0.3 is 5.97 Å². The molecule has 0 heterocycles. The van der Waals surface area contributed by atoms with Gasteiger partial charge in [-0.05, 0) is 70.6 Å². The van der Waals surface area contributed by atoms with Gasteiger partial charge in [0.05, 0.1) is 25.2 Å². The molecule has 0 rings (SSSR count). The molecule has 0 spiro atoms. The number of aliphatic hydroxyl groups is 2. The molecule has 0 aromatic rings. The van der Waals surface area contributed by atoms with Gasteiger partial charge in [-0.1, -0.05) is 241 Å². The van der Waals surface area contributed by atoms with E-state index in [1.165, 1.54) is 103 Å². The van der Waals surface area contributed by atoms with Gasteiger partial charge in [-0.25, -0.2) is 0 Å². The maximum absolute atomic E-state index is 13.2. The van der Waals surface area contributed by atoms with E-state index in [-0.39, 0.29) is 24.9 Å². The van der Waals surface area contributed by atoms with Crippen LogP contribution in [0.3, 0.4) is 0 Å². The van der Waals surface area contributed by atoms with Crippen molar-refractivity contribution in [2.75, 3.05) is 6.61 Å². The second-order valence-corrected chi connectivity index (χ2v) is 17.7. The zero-order chi connectivity index (χ0) is 45.9. The summed E-state index contributed by atoms with van der Waals surface area (Å²) in [5, 5.41) is 23.8. The summed E-state index contributed by atoms with van der Waals surface area (Å²) >= 11 is 0. The Bertz CT molecular complexity index is 1210. The average molecular weight is 878 g/mol. The third-order valence-corrected chi connectivity index (χ3v) is 11.6. The van der Waals surface area contributed by atoms with Gasteiger partial charge in [0, 0.05) is 6.42 Å². The summed E-state index contributed by atoms with van der Waals surface area (Å²) in [5.74, 6) is -0.546. The van der Waals surface area contributed by atoms with Crippen molar-refractivity contribution < 1.29 is 24.5 Å². The van der Waals surface area contributed by atoms with Crippen LogP contribution in [0.25, 0.3) is 0 Å². The van der Waals surface area contributed by atoms with Crippen LogP contribution < -0.4 is 5.32 Å². The molecule has 0 fully saturated rings. The van der Waals surface area contributed by atoms with E-state index in [0.717, 1.165) is 89.9 Å². The smallest absolute Gasteiger partial charge is 0.306 e. The van der Waals surface area contributed by atoms with Gasteiger partial charge in [0.15, 0.2) is 0 Å². The van der Waals surface area contributed by atoms with Crippen LogP contribution in [0.1, 0.15) is 239 Å². The van der Waals surface area contributed by atoms with Crippen LogP contribution >= 0.6 is 0 Å². The van der Waals surface area contributed by atoms with E-state index in [1.54, 1.807) is 0 Å². The summed E-state index contributed by atoms with van der Waals surface area (Å²) in [6.45, 7) is 6.30. The molecule has 3 atom stereocenters. The van der Waals surface area contributed by atoms with Crippen molar-refractivity contribution in [1.29, 1.82) is 0 Å². The lowest BCUT2D eigenvalue weighted by molar-refractivity contribution is -0.151. The molecule has 1 amide bonds. The Labute approximate surface area is 389 Å². The fourth-order valence-electron chi connectivity index (χ4n) is 7.62. The van der Waals surface area contributed by atoms with Crippen molar-refractivity contribution >= 4 is 11.9 Å². The minimum Gasteiger partial charge on any atom is -0.462 e. The molecule has 0 saturated heterocycles. The Morgan fingerprint density at radius 2 is 0.857 bits per heavy atom. The Balaban J connectivity index is 4.65. The predicted octanol–water partition coefficient (Wildman–Crippen LogP) is 16.0. The number of unbranched alkanes of at least 4 members (excludes halogenated alkanes) is 25. The highest BCUT2D eigenvalue weighted by Crippen LogP contribution is 2.17. The number of esters is 1. The molecule has 3 unspecified atom stereocenters. The third kappa shape index (κ3) is 45.4. The Morgan fingerprint density at radius 3 is 1.35 bits per heavy atom. The van der Waals surface area contributed by atoms with Crippen LogP contribution in [0.2, 0.25) is 0 Å². The highest BCUT2D eigenvalue weighted by molar-refractivity contribution is 5.77. The highest BCUT2D eigenvalue weighted by Gasteiger charge is 2.24. The molecule has 0 aromatic heterocycles. The minimum absolute atomic E-state index is 0.0427. The van der Waals surface area contributed by atoms with Gasteiger partial charge < -0.3 is 20.3 Å². The fraction of sp³-hybridized carbons (Fsp3) is 0.719. The molecule has 0 aromatic carbocycles. The summed E-state index contributed by atoms with van der Waals surface area (Å²) in [4.78, 5) is 26.1. The van der Waals surface area contributed by atoms with Gasteiger partial charge in [0.2, 0.25) is 5.91 Å². The van der Waals surface area contributed by atoms with Crippen molar-refractivity contribution in [2.45, 2.75) is 257 Å². The molecule has 0 bridgehead atoms. The summed E-state index contributed by atoms with van der Waals surface area (Å²) in [6, 6.07) is -0.722. The first-order valence-corrected chi connectivity index (χ1v) is 26.4. The number of amides is 1. The lowest BCUT2D eigenvalue weighted by Gasteiger charge is -2.24. The normalized spacial score (nSPS) is 13.9. The first kappa shape index (κ1) is 60.0. The van der Waals surface area contributed by atoms with E-state index in [4.69, 9.17) is 4.74 Å². The third-order valence-electron chi connectivity index (χ3n) is 11.6. The molecule has 0 aliphatic carbocycles. The van der Waals surface area contributed by atoms with Gasteiger partial charge in [-0.2, -0.15) is 0 Å². The molecule has 0 saturated carbocycles. The molecule has 362 valence electrons. The summed E-state index contributed by atoms with van der Waals surface area (Å²) in [5.41, 5.74) is 0. The van der Waals surface area contributed by atoms with E-state index < -0.39 is 18.2 Å². The van der Waals surface area contributed by atoms with Crippen molar-refractivity contribution in [3.05, 3.63) is 85.1 Å². The predicted molar refractivity (Wildman–Crippen MR) is 273 cm³/mol. The first-order valence-electron chi connectivity index (χ1n) is 26.4. The largest absolute Gasteiger partial charge is 0.462 e. The molecule has 63 heavy (non-hydrogen) atoms. The van der Waals surface area contributed by atoms with Crippen molar-refractivity contribution in [1.82, 2.24) is 5.32 Å². The van der Waals surface area contributed by atoms with Gasteiger partial charge in [0.1, 0.15) is 6.10 Å². The van der Waals surface area contributed by atoms with Crippen LogP contribution in [0.15, 0.2) is 85.1 Å². The quantitative estimate of drug-likeness (QED) is 0.0322. The fourth-order valence-corrected chi connectivity index (χ4v) is 7.62. The summed E-state index contributed by atoms with van der Waals surface area (Å²) in [6.07, 6.45) is 64.9. The number of allylic oxidation sites excluding steroid dienone is 14. The highest BCUT2D eigenvalue weighted by atomic mass is 16.5. The standard InChI is InChI=1S/C57H99NO5/c1-4-7-10-13-16-19-22-25-27-29-31-34-37-40-43-46-49-55(60)54(52-59)58-56(61)51-53(48-45-42-39-36-33-30-24-21-18-15-12-9-6-3)63-57(62)50-47-44-41-38-35-32-28-26-23-20-17-14-11-8-5-2/h8,11,14,17-18,20-21,23-24,26,28,30,32,35,53-55,59-60H,4-7,9-10,12-13,15-16,19,22,25,27,29,31,33-34,36-52H2,1-3H3,(H,58,61)/b11-8+,17-14+,21-18+,23-20-,28-26-,30-24+,35-32+. The van der Waals surface area contributed by atoms with Crippen LogP contribution in [0, 0.1) is 0 Å². The zero-order valence-electron chi connectivity index (χ0n) is 41.2. The Kier molecular flexibility index (Phi) is 47.7. The Hall–Kier alpha value is -2.96. The average Bonchev–Trinajstić information content (AvgIpc) is 3.28. The number of hydrogen-bond donors (Lipinski definition) is 3. The van der Waals surface area contributed by atoms with Gasteiger partial charge in [0.25, 0.3) is 0 Å². The maximum Gasteiger partial charge on any atom is 0.306 e. The lowest BCUT2D eigenvalue weighted by Crippen LogP contribution is -2.46. The molecule has 0 aliphatic heterocycles. The molecule has 0 radical (unpaired) electrons. The number of carbonyl (C=O) groups excluding carboxylic acids is 2. The van der Waals surface area contributed by atoms with Crippen molar-refractivity contribution in [2.24, 2.45) is 0 Å². The molecule has 0 aliphatic rings. The van der Waals surface area contributed by atoms with E-state index >= 15 is 0 Å². The maximum atomic E-state index is 13.2. The Morgan fingerprint density at radius 1 is 0.476 bits per heavy atom. The van der Waals surface area contributed by atoms with Crippen molar-refractivity contribution in [3.63, 3.8) is 0 Å². The number of hydrogen-bond acceptors (Lipinski definition) is 5. The molecule has 3 N–H and O–H groups in total. The molecule has 6 nitrogen and oxygen atoms in total. The van der Waals surface area contributed by atoms with Gasteiger partial charge in [-0.15, -0.1) is 0 Å². The number of aliphatic hydroxyl groups excluding tert-OH is 2. The number of ether oxygens (including phenoxy) is 1. The SMILES string of the molecule is CC/C=C/C=C/C=C\C=C/C=C/CCCCCC(=O)OC(CCCCCC/C=C/C=C/CCCCC)CC(=O)NC(CO)C(O)CCCCCCCCCCCCCCCCCC. The van der Waals surface area contributed by atoms with Crippen molar-refractivity contribution in [3.8, 4) is 0 Å². The number of nitrogens with one attached hydrogen (secondary N) is 1. The zero-order valence-corrected chi connectivity index (χ0v) is 41.2. The van der Waals surface area contributed by atoms with Crippen LogP contribution in [0.5, 0.6) is 0 Å². The van der Waals surface area contributed by atoms with Crippen LogP contribution in [-0.2, 0) is 14.3 Å². The lowest BCUT2D eigenvalue weighted by atomic mass is 10.0.